The summed E-state index contributed by atoms with van der Waals surface area (Å²) in [5, 5.41) is 26.2. The molecule has 14 heavy (non-hydrogen) atoms. The van der Waals surface area contributed by atoms with E-state index in [2.05, 4.69) is 17.0 Å². The largest absolute Gasteiger partial charge is 0.414 e. The molecule has 0 aromatic carbocycles. The first-order valence-electron chi connectivity index (χ1n) is 4.25. The minimum Gasteiger partial charge on any atom is -0.414 e. The summed E-state index contributed by atoms with van der Waals surface area (Å²) in [5.74, 6) is -1.05. The van der Waals surface area contributed by atoms with E-state index in [1.165, 1.54) is 0 Å². The maximum Gasteiger partial charge on any atom is 0.343 e. The second-order valence-corrected chi connectivity index (χ2v) is 3.15. The van der Waals surface area contributed by atoms with Gasteiger partial charge < -0.3 is 20.1 Å². The summed E-state index contributed by atoms with van der Waals surface area (Å²) in [7, 11) is 0. The predicted molar refractivity (Wildman–Crippen MR) is 52.7 cm³/mol. The van der Waals surface area contributed by atoms with Crippen molar-refractivity contribution in [3.8, 4) is 0 Å². The smallest absolute Gasteiger partial charge is 0.343 e. The van der Waals surface area contributed by atoms with Crippen molar-refractivity contribution in [3.05, 3.63) is 0 Å². The van der Waals surface area contributed by atoms with Gasteiger partial charge in [-0.15, -0.1) is 0 Å². The van der Waals surface area contributed by atoms with Crippen LogP contribution in [-0.2, 0) is 9.53 Å². The van der Waals surface area contributed by atoms with Gasteiger partial charge in [-0.05, 0) is 18.6 Å². The Labute approximate surface area is 87.3 Å². The number of carbonyl (C=O) groups excluding carboxylic acids is 1. The molecule has 82 valence electrons. The van der Waals surface area contributed by atoms with Crippen molar-refractivity contribution in [2.24, 2.45) is 0 Å². The molecule has 0 aliphatic heterocycles. The van der Waals surface area contributed by atoms with Gasteiger partial charge in [0.15, 0.2) is 11.2 Å². The predicted octanol–water partition coefficient (Wildman–Crippen LogP) is -0.629. The normalized spacial score (nSPS) is 14.6. The molecule has 0 aromatic heterocycles. The number of aliphatic hydroxyl groups is 3. The van der Waals surface area contributed by atoms with Crippen LogP contribution in [0.25, 0.3) is 0 Å². The highest BCUT2D eigenvalue weighted by Gasteiger charge is 2.20. The van der Waals surface area contributed by atoms with E-state index in [1.807, 2.05) is 6.92 Å². The summed E-state index contributed by atoms with van der Waals surface area (Å²) >= 11 is 4.60. The van der Waals surface area contributed by atoms with E-state index in [9.17, 15) is 9.90 Å². The number of ether oxygens (including phenoxy) is 1. The van der Waals surface area contributed by atoms with Gasteiger partial charge in [-0.1, -0.05) is 13.3 Å². The molecule has 0 aliphatic rings. The first-order chi connectivity index (χ1) is 6.52. The van der Waals surface area contributed by atoms with Crippen molar-refractivity contribution in [1.29, 1.82) is 0 Å². The summed E-state index contributed by atoms with van der Waals surface area (Å²) in [6, 6.07) is 0. The molecule has 0 aliphatic carbocycles. The molecule has 2 atom stereocenters. The molecule has 0 bridgehead atoms. The van der Waals surface area contributed by atoms with E-state index >= 15 is 0 Å². The Morgan fingerprint density at radius 2 is 2.00 bits per heavy atom. The van der Waals surface area contributed by atoms with Crippen molar-refractivity contribution in [3.63, 3.8) is 0 Å². The molecular weight excluding hydrogens is 208 g/mol. The SMILES string of the molecule is CCCC(O)C(=S)OC(=O)C(O)CO. The topological polar surface area (TPSA) is 87.0 Å². The van der Waals surface area contributed by atoms with Crippen LogP contribution in [0.1, 0.15) is 19.8 Å². The lowest BCUT2D eigenvalue weighted by Gasteiger charge is -2.12. The third-order valence-corrected chi connectivity index (χ3v) is 1.84. The third kappa shape index (κ3) is 4.61. The fraction of sp³-hybridized carbons (Fsp3) is 0.750. The highest BCUT2D eigenvalue weighted by molar-refractivity contribution is 7.80. The zero-order valence-corrected chi connectivity index (χ0v) is 8.66. The Morgan fingerprint density at radius 1 is 1.43 bits per heavy atom. The number of hydrogen-bond acceptors (Lipinski definition) is 6. The molecule has 0 rings (SSSR count). The molecule has 5 nitrogen and oxygen atoms in total. The summed E-state index contributed by atoms with van der Waals surface area (Å²) in [5.41, 5.74) is 0. The van der Waals surface area contributed by atoms with E-state index in [0.717, 1.165) is 0 Å². The number of carbonyl (C=O) groups is 1. The third-order valence-electron chi connectivity index (χ3n) is 1.48. The Morgan fingerprint density at radius 3 is 2.43 bits per heavy atom. The lowest BCUT2D eigenvalue weighted by Crippen LogP contribution is -2.32. The summed E-state index contributed by atoms with van der Waals surface area (Å²) in [6.45, 7) is 1.11. The van der Waals surface area contributed by atoms with Crippen molar-refractivity contribution in [2.45, 2.75) is 32.0 Å². The van der Waals surface area contributed by atoms with Crippen LogP contribution in [0.5, 0.6) is 0 Å². The molecular formula is C8H14O5S. The average molecular weight is 222 g/mol. The molecule has 0 saturated heterocycles. The number of hydrogen-bond donors (Lipinski definition) is 3. The van der Waals surface area contributed by atoms with Crippen LogP contribution in [0.3, 0.4) is 0 Å². The molecule has 0 saturated carbocycles. The average Bonchev–Trinajstić information content (AvgIpc) is 2.16. The van der Waals surface area contributed by atoms with Gasteiger partial charge in [0.25, 0.3) is 0 Å². The highest BCUT2D eigenvalue weighted by atomic mass is 32.1. The summed E-state index contributed by atoms with van der Waals surface area (Å²) < 4.78 is 4.45. The number of aliphatic hydroxyl groups excluding tert-OH is 3. The van der Waals surface area contributed by atoms with Crippen molar-refractivity contribution in [2.75, 3.05) is 6.61 Å². The lowest BCUT2D eigenvalue weighted by molar-refractivity contribution is -0.147. The fourth-order valence-corrected chi connectivity index (χ4v) is 0.901. The van der Waals surface area contributed by atoms with Gasteiger partial charge in [-0.2, -0.15) is 0 Å². The van der Waals surface area contributed by atoms with Crippen molar-refractivity contribution >= 4 is 23.2 Å². The Balaban J connectivity index is 3.99. The minimum atomic E-state index is -1.61. The number of esters is 1. The van der Waals surface area contributed by atoms with E-state index in [-0.39, 0.29) is 5.05 Å². The quantitative estimate of drug-likeness (QED) is 0.424. The van der Waals surface area contributed by atoms with Gasteiger partial charge in [0.1, 0.15) is 6.10 Å². The fourth-order valence-electron chi connectivity index (χ4n) is 0.701. The monoisotopic (exact) mass is 222 g/mol. The van der Waals surface area contributed by atoms with Crippen LogP contribution < -0.4 is 0 Å². The van der Waals surface area contributed by atoms with Gasteiger partial charge in [0, 0.05) is 0 Å². The second-order valence-electron chi connectivity index (χ2n) is 2.74. The van der Waals surface area contributed by atoms with Crippen LogP contribution in [0.4, 0.5) is 0 Å². The van der Waals surface area contributed by atoms with Crippen molar-refractivity contribution < 1.29 is 24.9 Å². The van der Waals surface area contributed by atoms with E-state index in [1.54, 1.807) is 0 Å². The molecule has 3 N–H and O–H groups in total. The van der Waals surface area contributed by atoms with Gasteiger partial charge in [0.2, 0.25) is 0 Å². The molecule has 0 heterocycles. The highest BCUT2D eigenvalue weighted by Crippen LogP contribution is 2.02. The van der Waals surface area contributed by atoms with Gasteiger partial charge in [0.05, 0.1) is 6.61 Å². The first-order valence-corrected chi connectivity index (χ1v) is 4.66. The standard InChI is InChI=1S/C8H14O5S/c1-2-3-5(10)8(14)13-7(12)6(11)4-9/h5-6,9-11H,2-4H2,1H3. The molecule has 0 radical (unpaired) electrons. The molecule has 0 aromatic rings. The molecule has 2 unspecified atom stereocenters. The zero-order valence-electron chi connectivity index (χ0n) is 7.84. The van der Waals surface area contributed by atoms with E-state index in [0.29, 0.717) is 12.8 Å². The van der Waals surface area contributed by atoms with Crippen molar-refractivity contribution in [1.82, 2.24) is 0 Å². The van der Waals surface area contributed by atoms with Gasteiger partial charge in [-0.3, -0.25) is 0 Å². The maximum atomic E-state index is 10.9. The summed E-state index contributed by atoms with van der Waals surface area (Å²) in [4.78, 5) is 10.9. The molecule has 0 amide bonds. The Hall–Kier alpha value is -0.560. The van der Waals surface area contributed by atoms with Gasteiger partial charge >= 0.3 is 5.97 Å². The molecule has 0 spiro atoms. The van der Waals surface area contributed by atoms with Gasteiger partial charge in [-0.25, -0.2) is 4.79 Å². The zero-order chi connectivity index (χ0) is 11.1. The molecule has 6 heteroatoms. The Bertz CT molecular complexity index is 206. The van der Waals surface area contributed by atoms with Crippen LogP contribution in [0.15, 0.2) is 0 Å². The maximum absolute atomic E-state index is 10.9. The Kier molecular flexibility index (Phi) is 6.56. The van der Waals surface area contributed by atoms with E-state index in [4.69, 9.17) is 10.2 Å². The van der Waals surface area contributed by atoms with Crippen LogP contribution >= 0.6 is 12.2 Å². The number of rotatable bonds is 5. The minimum absolute atomic E-state index is 0.274. The van der Waals surface area contributed by atoms with Crippen LogP contribution in [0, 0.1) is 0 Å². The van der Waals surface area contributed by atoms with E-state index < -0.39 is 24.8 Å². The second kappa shape index (κ2) is 6.83. The molecule has 0 fully saturated rings. The van der Waals surface area contributed by atoms with Crippen LogP contribution in [0.2, 0.25) is 0 Å². The lowest BCUT2D eigenvalue weighted by atomic mass is 10.2. The van der Waals surface area contributed by atoms with Crippen LogP contribution in [-0.4, -0.2) is 45.2 Å². The number of thiocarbonyl (C=S) groups is 1. The summed E-state index contributed by atoms with van der Waals surface area (Å²) in [6.07, 6.45) is -1.52. The first kappa shape index (κ1) is 13.4.